The molecule has 0 bridgehead atoms. The number of nitrogens with zero attached hydrogens (tertiary/aromatic N) is 3. The number of nitrogens with one attached hydrogen (secondary N) is 1. The van der Waals surface area contributed by atoms with Gasteiger partial charge in [0.15, 0.2) is 0 Å². The molecule has 3 N–H and O–H groups in total. The van der Waals surface area contributed by atoms with Crippen molar-refractivity contribution in [2.24, 2.45) is 5.73 Å². The fourth-order valence-electron chi connectivity index (χ4n) is 5.16. The molecule has 4 rings (SSSR count). The Morgan fingerprint density at radius 2 is 1.57 bits per heavy atom. The van der Waals surface area contributed by atoms with Gasteiger partial charge in [-0.15, -0.1) is 0 Å². The maximum Gasteiger partial charge on any atom is 0.416 e. The van der Waals surface area contributed by atoms with Gasteiger partial charge in [-0.2, -0.15) is 26.3 Å². The number of halogens is 7. The van der Waals surface area contributed by atoms with Gasteiger partial charge < -0.3 is 25.8 Å². The first-order chi connectivity index (χ1) is 19.7. The van der Waals surface area contributed by atoms with Gasteiger partial charge in [0.2, 0.25) is 11.8 Å². The van der Waals surface area contributed by atoms with Crippen molar-refractivity contribution in [2.45, 2.75) is 56.9 Å². The summed E-state index contributed by atoms with van der Waals surface area (Å²) < 4.78 is 93.0. The van der Waals surface area contributed by atoms with Gasteiger partial charge in [-0.05, 0) is 60.8 Å². The van der Waals surface area contributed by atoms with Crippen molar-refractivity contribution >= 4 is 17.8 Å². The summed E-state index contributed by atoms with van der Waals surface area (Å²) in [6.45, 7) is -0.579. The van der Waals surface area contributed by atoms with E-state index in [4.69, 9.17) is 5.73 Å². The lowest BCUT2D eigenvalue weighted by Gasteiger charge is -2.52. The molecule has 0 spiro atoms. The van der Waals surface area contributed by atoms with Crippen LogP contribution in [0.15, 0.2) is 42.5 Å². The molecule has 42 heavy (non-hydrogen) atoms. The number of piperazine rings is 1. The van der Waals surface area contributed by atoms with Crippen molar-refractivity contribution in [2.75, 3.05) is 19.6 Å². The van der Waals surface area contributed by atoms with Crippen LogP contribution in [0.5, 0.6) is 0 Å². The minimum Gasteiger partial charge on any atom is -0.334 e. The van der Waals surface area contributed by atoms with E-state index in [0.29, 0.717) is 24.1 Å². The van der Waals surface area contributed by atoms with Crippen molar-refractivity contribution in [3.05, 3.63) is 70.5 Å². The summed E-state index contributed by atoms with van der Waals surface area (Å²) in [5, 5.41) is 2.36. The van der Waals surface area contributed by atoms with Gasteiger partial charge in [0.05, 0.1) is 17.7 Å². The van der Waals surface area contributed by atoms with E-state index in [1.165, 1.54) is 39.0 Å². The lowest BCUT2D eigenvalue weighted by Crippen LogP contribution is -2.71. The van der Waals surface area contributed by atoms with Gasteiger partial charge >= 0.3 is 18.4 Å². The summed E-state index contributed by atoms with van der Waals surface area (Å²) in [7, 11) is 0. The minimum atomic E-state index is -5.05. The molecular weight excluding hydrogens is 575 g/mol. The van der Waals surface area contributed by atoms with E-state index in [-0.39, 0.29) is 56.9 Å². The highest BCUT2D eigenvalue weighted by atomic mass is 19.4. The third-order valence-electron chi connectivity index (χ3n) is 7.17. The smallest absolute Gasteiger partial charge is 0.334 e. The molecule has 0 aliphatic carbocycles. The summed E-state index contributed by atoms with van der Waals surface area (Å²) >= 11 is 0. The first-order valence-corrected chi connectivity index (χ1v) is 13.1. The lowest BCUT2D eigenvalue weighted by molar-refractivity contribution is -0.167. The van der Waals surface area contributed by atoms with Gasteiger partial charge in [-0.25, -0.2) is 9.18 Å². The van der Waals surface area contributed by atoms with E-state index in [2.05, 4.69) is 5.32 Å². The Labute approximate surface area is 236 Å². The second-order valence-electron chi connectivity index (χ2n) is 10.1. The van der Waals surface area contributed by atoms with Gasteiger partial charge in [-0.3, -0.25) is 9.59 Å². The number of urea groups is 1. The van der Waals surface area contributed by atoms with E-state index in [0.717, 1.165) is 0 Å². The van der Waals surface area contributed by atoms with Crippen molar-refractivity contribution in [3.8, 4) is 0 Å². The monoisotopic (exact) mass is 603 g/mol. The largest absolute Gasteiger partial charge is 0.416 e. The summed E-state index contributed by atoms with van der Waals surface area (Å²) in [6.07, 6.45) is -10.6. The third-order valence-corrected chi connectivity index (χ3v) is 7.17. The van der Waals surface area contributed by atoms with E-state index in [1.807, 2.05) is 0 Å². The number of rotatable bonds is 7. The Hall–Kier alpha value is -3.88. The molecule has 2 saturated heterocycles. The maximum atomic E-state index is 13.4. The van der Waals surface area contributed by atoms with Crippen molar-refractivity contribution in [1.82, 2.24) is 20.0 Å². The number of fused-ring (bicyclic) bond motifs is 1. The van der Waals surface area contributed by atoms with Gasteiger partial charge in [0.1, 0.15) is 18.0 Å². The molecule has 228 valence electrons. The fourth-order valence-corrected chi connectivity index (χ4v) is 5.16. The molecule has 0 saturated carbocycles. The molecule has 0 radical (unpaired) electrons. The van der Waals surface area contributed by atoms with Crippen LogP contribution in [0, 0.1) is 5.82 Å². The van der Waals surface area contributed by atoms with Gasteiger partial charge in [0.25, 0.3) is 0 Å². The number of hydrogen-bond donors (Lipinski definition) is 2. The quantitative estimate of drug-likeness (QED) is 0.466. The summed E-state index contributed by atoms with van der Waals surface area (Å²) in [5.41, 5.74) is 2.78. The Balaban J connectivity index is 1.58. The summed E-state index contributed by atoms with van der Waals surface area (Å²) in [4.78, 5) is 43.6. The van der Waals surface area contributed by atoms with Crippen molar-refractivity contribution in [1.29, 1.82) is 0 Å². The van der Waals surface area contributed by atoms with E-state index >= 15 is 0 Å². The Morgan fingerprint density at radius 3 is 2.14 bits per heavy atom. The Kier molecular flexibility index (Phi) is 8.99. The minimum absolute atomic E-state index is 0.00429. The van der Waals surface area contributed by atoms with Crippen molar-refractivity contribution in [3.63, 3.8) is 0 Å². The normalized spacial score (nSPS) is 19.7. The van der Waals surface area contributed by atoms with Crippen LogP contribution in [0.25, 0.3) is 0 Å². The molecule has 15 heteroatoms. The van der Waals surface area contributed by atoms with E-state index in [1.54, 1.807) is 0 Å². The number of hydrogen-bond acceptors (Lipinski definition) is 4. The van der Waals surface area contributed by atoms with E-state index in [9.17, 15) is 45.1 Å². The standard InChI is InChI=1S/C27H28F7N5O3/c28-20-5-3-16(4-6-20)14-37-15-22-38(9-7-23(40)39(22)21(24(37)41)2-1-8-35)25(42)36-13-17-10-18(26(29,30)31)12-19(11-17)27(32,33)34/h3-6,10-12,21-22H,1-2,7-9,13-15,35H2,(H,36,42)/t21-,22+/m0/s1. The van der Waals surface area contributed by atoms with Gasteiger partial charge in [-0.1, -0.05) is 12.1 Å². The van der Waals surface area contributed by atoms with Crippen molar-refractivity contribution < 1.29 is 45.1 Å². The molecule has 4 amide bonds. The number of amides is 4. The molecule has 2 atom stereocenters. The van der Waals surface area contributed by atoms with Crippen LogP contribution in [0.2, 0.25) is 0 Å². The predicted octanol–water partition coefficient (Wildman–Crippen LogP) is 4.08. The SMILES string of the molecule is NCCC[C@H]1C(=O)N(Cc2ccc(F)cc2)C[C@@H]2N(C(=O)NCc3cc(C(F)(F)F)cc(C(F)(F)F)c3)CCC(=O)N21. The number of carbonyl (C=O) groups is 3. The van der Waals surface area contributed by atoms with Gasteiger partial charge in [0, 0.05) is 26.1 Å². The topological polar surface area (TPSA) is 99.0 Å². The second kappa shape index (κ2) is 12.2. The van der Waals surface area contributed by atoms with Crippen LogP contribution in [-0.4, -0.2) is 64.4 Å². The molecular formula is C27H28F7N5O3. The lowest BCUT2D eigenvalue weighted by atomic mass is 9.99. The maximum absolute atomic E-state index is 13.4. The fraction of sp³-hybridized carbons (Fsp3) is 0.444. The Bertz CT molecular complexity index is 1280. The van der Waals surface area contributed by atoms with Crippen LogP contribution < -0.4 is 11.1 Å². The number of alkyl halides is 6. The predicted molar refractivity (Wildman–Crippen MR) is 135 cm³/mol. The number of nitrogens with two attached hydrogens (primary N) is 1. The highest BCUT2D eigenvalue weighted by molar-refractivity contribution is 5.91. The summed E-state index contributed by atoms with van der Waals surface area (Å²) in [6, 6.07) is 4.69. The highest BCUT2D eigenvalue weighted by Gasteiger charge is 2.48. The zero-order valence-corrected chi connectivity index (χ0v) is 22.1. The molecule has 2 aliphatic heterocycles. The number of carbonyl (C=O) groups excluding carboxylic acids is 3. The zero-order valence-electron chi connectivity index (χ0n) is 22.1. The zero-order chi connectivity index (χ0) is 30.8. The van der Waals surface area contributed by atoms with Crippen LogP contribution in [0.4, 0.5) is 35.5 Å². The van der Waals surface area contributed by atoms with Crippen LogP contribution in [0.1, 0.15) is 41.5 Å². The molecule has 2 aliphatic rings. The molecule has 0 aromatic heterocycles. The average Bonchev–Trinajstić information content (AvgIpc) is 2.92. The van der Waals surface area contributed by atoms with Crippen LogP contribution in [0.3, 0.4) is 0 Å². The molecule has 2 fully saturated rings. The second-order valence-corrected chi connectivity index (χ2v) is 10.1. The summed E-state index contributed by atoms with van der Waals surface area (Å²) in [5.74, 6) is -1.24. The molecule has 2 aromatic carbocycles. The van der Waals surface area contributed by atoms with Crippen LogP contribution >= 0.6 is 0 Å². The van der Waals surface area contributed by atoms with Crippen LogP contribution in [-0.2, 0) is 35.0 Å². The molecule has 2 aromatic rings. The first-order valence-electron chi connectivity index (χ1n) is 13.1. The Morgan fingerprint density at radius 1 is 0.952 bits per heavy atom. The van der Waals surface area contributed by atoms with E-state index < -0.39 is 59.6 Å². The molecule has 0 unspecified atom stereocenters. The molecule has 8 nitrogen and oxygen atoms in total. The first kappa shape index (κ1) is 31.1. The highest BCUT2D eigenvalue weighted by Crippen LogP contribution is 2.36. The molecule has 2 heterocycles. The average molecular weight is 604 g/mol. The number of benzene rings is 2. The third kappa shape index (κ3) is 6.94.